The molecule has 0 amide bonds. The number of nitrogen functional groups attached to an aromatic ring is 1. The van der Waals surface area contributed by atoms with Gasteiger partial charge in [-0.15, -0.1) is 0 Å². The molecule has 7 heteroatoms. The van der Waals surface area contributed by atoms with Gasteiger partial charge in [-0.25, -0.2) is 4.98 Å². The fourth-order valence-electron chi connectivity index (χ4n) is 4.25. The van der Waals surface area contributed by atoms with Crippen LogP contribution < -0.4 is 16.0 Å². The number of hydrogen-bond donors (Lipinski definition) is 2. The molecule has 2 aliphatic heterocycles. The topological polar surface area (TPSA) is 76.3 Å². The quantitative estimate of drug-likeness (QED) is 0.820. The molecule has 1 atom stereocenters. The van der Waals surface area contributed by atoms with Crippen molar-refractivity contribution in [2.45, 2.75) is 38.1 Å². The first kappa shape index (κ1) is 19.4. The van der Waals surface area contributed by atoms with Gasteiger partial charge in [0.15, 0.2) is 0 Å². The lowest BCUT2D eigenvalue weighted by atomic mass is 9.89. The maximum absolute atomic E-state index is 6.80. The van der Waals surface area contributed by atoms with Crippen LogP contribution in [-0.4, -0.2) is 42.8 Å². The SMILES string of the molecule is Cc1cc(N2CCCOC[C@H]2c2ccc(C3CCNCC3)cc2Cl)nc(N)n1. The first-order valence-electron chi connectivity index (χ1n) is 10.1. The minimum atomic E-state index is 0.00534. The van der Waals surface area contributed by atoms with Crippen LogP contribution in [0.2, 0.25) is 5.02 Å². The van der Waals surface area contributed by atoms with Crippen LogP contribution in [-0.2, 0) is 4.74 Å². The molecule has 0 radical (unpaired) electrons. The number of benzene rings is 1. The molecule has 2 saturated heterocycles. The molecule has 4 rings (SSSR count). The van der Waals surface area contributed by atoms with Gasteiger partial charge in [0.1, 0.15) is 5.82 Å². The van der Waals surface area contributed by atoms with Gasteiger partial charge >= 0.3 is 0 Å². The predicted molar refractivity (Wildman–Crippen MR) is 113 cm³/mol. The molecule has 1 aromatic carbocycles. The van der Waals surface area contributed by atoms with E-state index in [1.54, 1.807) is 0 Å². The van der Waals surface area contributed by atoms with Crippen LogP contribution >= 0.6 is 11.6 Å². The number of aryl methyl sites for hydroxylation is 1. The predicted octanol–water partition coefficient (Wildman–Crippen LogP) is 3.46. The zero-order valence-electron chi connectivity index (χ0n) is 16.3. The van der Waals surface area contributed by atoms with E-state index >= 15 is 0 Å². The molecule has 0 saturated carbocycles. The third-order valence-electron chi connectivity index (χ3n) is 5.69. The summed E-state index contributed by atoms with van der Waals surface area (Å²) in [4.78, 5) is 10.9. The summed E-state index contributed by atoms with van der Waals surface area (Å²) in [5, 5.41) is 4.22. The Kier molecular flexibility index (Phi) is 5.99. The summed E-state index contributed by atoms with van der Waals surface area (Å²) in [7, 11) is 0. The largest absolute Gasteiger partial charge is 0.379 e. The van der Waals surface area contributed by atoms with Crippen molar-refractivity contribution in [1.82, 2.24) is 15.3 Å². The first-order valence-corrected chi connectivity index (χ1v) is 10.5. The Labute approximate surface area is 171 Å². The fourth-order valence-corrected chi connectivity index (χ4v) is 4.57. The van der Waals surface area contributed by atoms with Crippen LogP contribution in [0.25, 0.3) is 0 Å². The smallest absolute Gasteiger partial charge is 0.222 e. The average Bonchev–Trinajstić information content (AvgIpc) is 2.94. The fraction of sp³-hybridized carbons (Fsp3) is 0.524. The highest BCUT2D eigenvalue weighted by Crippen LogP contribution is 2.36. The van der Waals surface area contributed by atoms with Crippen molar-refractivity contribution in [3.05, 3.63) is 46.1 Å². The van der Waals surface area contributed by atoms with Gasteiger partial charge in [-0.05, 0) is 62.4 Å². The van der Waals surface area contributed by atoms with E-state index < -0.39 is 0 Å². The summed E-state index contributed by atoms with van der Waals surface area (Å²) in [5.41, 5.74) is 9.18. The highest BCUT2D eigenvalue weighted by Gasteiger charge is 2.27. The number of nitrogens with one attached hydrogen (secondary N) is 1. The van der Waals surface area contributed by atoms with Crippen molar-refractivity contribution in [1.29, 1.82) is 0 Å². The molecule has 6 nitrogen and oxygen atoms in total. The maximum Gasteiger partial charge on any atom is 0.222 e. The van der Waals surface area contributed by atoms with E-state index in [9.17, 15) is 0 Å². The van der Waals surface area contributed by atoms with Crippen LogP contribution in [0.5, 0.6) is 0 Å². The molecular weight excluding hydrogens is 374 g/mol. The Morgan fingerprint density at radius 1 is 1.21 bits per heavy atom. The van der Waals surface area contributed by atoms with E-state index in [1.165, 1.54) is 5.56 Å². The van der Waals surface area contributed by atoms with Crippen molar-refractivity contribution in [2.75, 3.05) is 43.5 Å². The standard InChI is InChI=1S/C21H28ClN5O/c1-14-11-20(26-21(23)25-14)27-9-2-10-28-13-19(27)17-4-3-16(12-18(17)22)15-5-7-24-8-6-15/h3-4,11-12,15,19,24H,2,5-10,13H2,1H3,(H2,23,25,26)/t19-/m0/s1. The highest BCUT2D eigenvalue weighted by atomic mass is 35.5. The van der Waals surface area contributed by atoms with Gasteiger partial charge in [0.05, 0.1) is 12.6 Å². The molecular formula is C21H28ClN5O. The number of rotatable bonds is 3. The second-order valence-electron chi connectivity index (χ2n) is 7.67. The van der Waals surface area contributed by atoms with Crippen molar-refractivity contribution in [2.24, 2.45) is 0 Å². The summed E-state index contributed by atoms with van der Waals surface area (Å²) in [6.45, 7) is 6.23. The van der Waals surface area contributed by atoms with Crippen molar-refractivity contribution < 1.29 is 4.74 Å². The molecule has 1 aromatic heterocycles. The summed E-state index contributed by atoms with van der Waals surface area (Å²) in [6.07, 6.45) is 3.26. The normalized spacial score (nSPS) is 21.5. The Hall–Kier alpha value is -1.89. The molecule has 3 N–H and O–H groups in total. The minimum absolute atomic E-state index is 0.00534. The number of hydrogen-bond acceptors (Lipinski definition) is 6. The molecule has 2 fully saturated rings. The van der Waals surface area contributed by atoms with Crippen molar-refractivity contribution in [3.8, 4) is 0 Å². The zero-order valence-corrected chi connectivity index (χ0v) is 17.1. The minimum Gasteiger partial charge on any atom is -0.379 e. The lowest BCUT2D eigenvalue weighted by Gasteiger charge is -2.32. The number of anilines is 2. The molecule has 150 valence electrons. The van der Waals surface area contributed by atoms with Crippen LogP contribution in [0.15, 0.2) is 24.3 Å². The number of halogens is 1. The second-order valence-corrected chi connectivity index (χ2v) is 8.08. The number of nitrogens with zero attached hydrogens (tertiary/aromatic N) is 3. The Balaban J connectivity index is 1.66. The number of piperidine rings is 1. The molecule has 2 aliphatic rings. The zero-order chi connectivity index (χ0) is 19.5. The number of ether oxygens (including phenoxy) is 1. The average molecular weight is 402 g/mol. The van der Waals surface area contributed by atoms with Gasteiger partial charge in [-0.3, -0.25) is 0 Å². The Morgan fingerprint density at radius 2 is 2.04 bits per heavy atom. The second kappa shape index (κ2) is 8.64. The van der Waals surface area contributed by atoms with Crippen LogP contribution in [0.1, 0.15) is 48.0 Å². The summed E-state index contributed by atoms with van der Waals surface area (Å²) < 4.78 is 5.89. The number of aromatic nitrogens is 2. The highest BCUT2D eigenvalue weighted by molar-refractivity contribution is 6.31. The van der Waals surface area contributed by atoms with E-state index in [1.807, 2.05) is 13.0 Å². The van der Waals surface area contributed by atoms with Crippen LogP contribution in [0.4, 0.5) is 11.8 Å². The summed E-state index contributed by atoms with van der Waals surface area (Å²) >= 11 is 6.80. The third-order valence-corrected chi connectivity index (χ3v) is 6.01. The van der Waals surface area contributed by atoms with E-state index in [4.69, 9.17) is 22.1 Å². The lowest BCUT2D eigenvalue weighted by molar-refractivity contribution is 0.134. The van der Waals surface area contributed by atoms with E-state index in [0.717, 1.165) is 67.6 Å². The molecule has 2 aromatic rings. The monoisotopic (exact) mass is 401 g/mol. The van der Waals surface area contributed by atoms with Gasteiger partial charge < -0.3 is 20.7 Å². The Morgan fingerprint density at radius 3 is 2.79 bits per heavy atom. The van der Waals surface area contributed by atoms with Gasteiger partial charge in [-0.2, -0.15) is 4.98 Å². The van der Waals surface area contributed by atoms with Gasteiger partial charge in [0, 0.05) is 29.9 Å². The lowest BCUT2D eigenvalue weighted by Crippen LogP contribution is -2.32. The third kappa shape index (κ3) is 4.24. The van der Waals surface area contributed by atoms with Gasteiger partial charge in [0.25, 0.3) is 0 Å². The molecule has 0 aliphatic carbocycles. The van der Waals surface area contributed by atoms with Crippen LogP contribution in [0, 0.1) is 6.92 Å². The van der Waals surface area contributed by atoms with Crippen molar-refractivity contribution >= 4 is 23.4 Å². The summed E-state index contributed by atoms with van der Waals surface area (Å²) in [6, 6.07) is 8.54. The van der Waals surface area contributed by atoms with E-state index in [-0.39, 0.29) is 6.04 Å². The molecule has 0 bridgehead atoms. The van der Waals surface area contributed by atoms with E-state index in [0.29, 0.717) is 18.5 Å². The maximum atomic E-state index is 6.80. The van der Waals surface area contributed by atoms with E-state index in [2.05, 4.69) is 38.4 Å². The van der Waals surface area contributed by atoms with Gasteiger partial charge in [0.2, 0.25) is 5.95 Å². The molecule has 28 heavy (non-hydrogen) atoms. The van der Waals surface area contributed by atoms with Gasteiger partial charge in [-0.1, -0.05) is 23.7 Å². The number of nitrogens with two attached hydrogens (primary N) is 1. The molecule has 3 heterocycles. The van der Waals surface area contributed by atoms with Crippen LogP contribution in [0.3, 0.4) is 0 Å². The Bertz CT molecular complexity index is 804. The molecule has 0 spiro atoms. The molecule has 0 unspecified atom stereocenters. The first-order chi connectivity index (χ1) is 13.6. The van der Waals surface area contributed by atoms with Crippen molar-refractivity contribution in [3.63, 3.8) is 0 Å². The summed E-state index contributed by atoms with van der Waals surface area (Å²) in [5.74, 6) is 1.71.